The highest BCUT2D eigenvalue weighted by molar-refractivity contribution is 6.09. The Balaban J connectivity index is 1.59. The number of piperazine rings is 1. The van der Waals surface area contributed by atoms with Crippen LogP contribution in [-0.4, -0.2) is 57.3 Å². The van der Waals surface area contributed by atoms with Crippen LogP contribution in [0, 0.1) is 0 Å². The van der Waals surface area contributed by atoms with Crippen LogP contribution >= 0.6 is 0 Å². The number of phenols is 1. The molecule has 0 saturated carbocycles. The average molecular weight is 454 g/mol. The van der Waals surface area contributed by atoms with Gasteiger partial charge in [-0.3, -0.25) is 9.89 Å². The second kappa shape index (κ2) is 9.49. The number of aryl methyl sites for hydroxylation is 1. The topological polar surface area (TPSA) is 94.1 Å². The number of hydrogen-bond donors (Lipinski definition) is 3. The summed E-state index contributed by atoms with van der Waals surface area (Å²) < 4.78 is 0. The summed E-state index contributed by atoms with van der Waals surface area (Å²) in [6.45, 7) is 5.00. The van der Waals surface area contributed by atoms with Crippen LogP contribution in [-0.2, 0) is 6.42 Å². The molecule has 5 rings (SSSR count). The molecule has 2 aromatic heterocycles. The first-order valence-corrected chi connectivity index (χ1v) is 11.6. The average Bonchev–Trinajstić information content (AvgIpc) is 3.31. The largest absolute Gasteiger partial charge is 0.508 e. The summed E-state index contributed by atoms with van der Waals surface area (Å²) in [5.41, 5.74) is 5.64. The summed E-state index contributed by atoms with van der Waals surface area (Å²) in [5.74, 6) is 0.153. The van der Waals surface area contributed by atoms with Gasteiger partial charge < -0.3 is 15.3 Å². The number of amides is 1. The molecule has 0 bridgehead atoms. The Hall–Kier alpha value is -3.97. The summed E-state index contributed by atoms with van der Waals surface area (Å²) in [4.78, 5) is 20.2. The van der Waals surface area contributed by atoms with Gasteiger partial charge in [-0.2, -0.15) is 5.10 Å². The normalized spacial score (nSPS) is 14.2. The number of carbonyl (C=O) groups excluding carboxylic acids is 1. The SMILES string of the molecule is CCc1ccc(/C=C/c2n[nH]c3nc(-c4ccc(O)cc4)cc(C(=O)N4CCNCC4)c23)cc1. The van der Waals surface area contributed by atoms with Crippen molar-refractivity contribution in [2.24, 2.45) is 0 Å². The number of phenolic OH excluding ortho intramolecular Hbond substituents is 1. The molecule has 7 heteroatoms. The van der Waals surface area contributed by atoms with Crippen molar-refractivity contribution >= 4 is 29.1 Å². The van der Waals surface area contributed by atoms with Gasteiger partial charge >= 0.3 is 0 Å². The smallest absolute Gasteiger partial charge is 0.254 e. The molecule has 1 amide bonds. The second-order valence-electron chi connectivity index (χ2n) is 8.41. The number of carbonyl (C=O) groups is 1. The van der Waals surface area contributed by atoms with Gasteiger partial charge in [0.2, 0.25) is 0 Å². The lowest BCUT2D eigenvalue weighted by molar-refractivity contribution is 0.0737. The van der Waals surface area contributed by atoms with Crippen LogP contribution < -0.4 is 5.32 Å². The van der Waals surface area contributed by atoms with E-state index in [0.717, 1.165) is 30.6 Å². The van der Waals surface area contributed by atoms with Gasteiger partial charge in [-0.1, -0.05) is 37.3 Å². The van der Waals surface area contributed by atoms with Gasteiger partial charge in [-0.15, -0.1) is 0 Å². The van der Waals surface area contributed by atoms with Crippen LogP contribution in [0.4, 0.5) is 0 Å². The number of pyridine rings is 1. The van der Waals surface area contributed by atoms with E-state index in [-0.39, 0.29) is 11.7 Å². The number of H-pyrrole nitrogens is 1. The molecule has 4 aromatic rings. The molecule has 172 valence electrons. The number of benzene rings is 2. The Morgan fingerprint density at radius 2 is 1.79 bits per heavy atom. The number of hydrogen-bond acceptors (Lipinski definition) is 5. The van der Waals surface area contributed by atoms with E-state index in [1.165, 1.54) is 5.56 Å². The van der Waals surface area contributed by atoms with E-state index >= 15 is 0 Å². The Bertz CT molecular complexity index is 1330. The van der Waals surface area contributed by atoms with Crippen molar-refractivity contribution in [2.75, 3.05) is 26.2 Å². The Morgan fingerprint density at radius 1 is 1.06 bits per heavy atom. The highest BCUT2D eigenvalue weighted by atomic mass is 16.3. The maximum absolute atomic E-state index is 13.6. The van der Waals surface area contributed by atoms with Crippen molar-refractivity contribution < 1.29 is 9.90 Å². The second-order valence-corrected chi connectivity index (χ2v) is 8.41. The van der Waals surface area contributed by atoms with Crippen LogP contribution in [0.3, 0.4) is 0 Å². The molecule has 3 N–H and O–H groups in total. The van der Waals surface area contributed by atoms with Gasteiger partial charge in [0, 0.05) is 31.7 Å². The minimum atomic E-state index is -0.0303. The molecule has 0 atom stereocenters. The number of nitrogens with one attached hydrogen (secondary N) is 2. The number of aromatic nitrogens is 3. The molecule has 0 radical (unpaired) electrons. The number of rotatable bonds is 5. The van der Waals surface area contributed by atoms with Crippen molar-refractivity contribution in [3.63, 3.8) is 0 Å². The first-order chi connectivity index (χ1) is 16.6. The van der Waals surface area contributed by atoms with Gasteiger partial charge in [0.15, 0.2) is 5.65 Å². The van der Waals surface area contributed by atoms with Crippen LogP contribution in [0.25, 0.3) is 34.4 Å². The van der Waals surface area contributed by atoms with Gasteiger partial charge in [0.05, 0.1) is 22.3 Å². The van der Waals surface area contributed by atoms with Gasteiger partial charge in [-0.25, -0.2) is 4.98 Å². The molecule has 0 spiro atoms. The first-order valence-electron chi connectivity index (χ1n) is 11.6. The van der Waals surface area contributed by atoms with E-state index in [2.05, 4.69) is 46.7 Å². The van der Waals surface area contributed by atoms with E-state index in [4.69, 9.17) is 4.98 Å². The predicted molar refractivity (Wildman–Crippen MR) is 135 cm³/mol. The van der Waals surface area contributed by atoms with Crippen LogP contribution in [0.5, 0.6) is 5.75 Å². The lowest BCUT2D eigenvalue weighted by Gasteiger charge is -2.27. The number of fused-ring (bicyclic) bond motifs is 1. The van der Waals surface area contributed by atoms with E-state index in [1.54, 1.807) is 24.3 Å². The zero-order valence-electron chi connectivity index (χ0n) is 19.1. The lowest BCUT2D eigenvalue weighted by Crippen LogP contribution is -2.46. The van der Waals surface area contributed by atoms with Crippen molar-refractivity contribution in [1.82, 2.24) is 25.4 Å². The van der Waals surface area contributed by atoms with E-state index < -0.39 is 0 Å². The minimum absolute atomic E-state index is 0.0303. The fourth-order valence-electron chi connectivity index (χ4n) is 4.20. The number of nitrogens with zero attached hydrogens (tertiary/aromatic N) is 3. The molecule has 0 unspecified atom stereocenters. The Labute approximate surface area is 198 Å². The fraction of sp³-hybridized carbons (Fsp3) is 0.222. The molecule has 34 heavy (non-hydrogen) atoms. The Morgan fingerprint density at radius 3 is 2.50 bits per heavy atom. The molecule has 1 aliphatic heterocycles. The zero-order chi connectivity index (χ0) is 23.5. The molecule has 1 saturated heterocycles. The molecule has 0 aliphatic carbocycles. The predicted octanol–water partition coefficient (Wildman–Crippen LogP) is 4.11. The van der Waals surface area contributed by atoms with Crippen LogP contribution in [0.1, 0.15) is 34.1 Å². The first kappa shape index (κ1) is 21.9. The van der Waals surface area contributed by atoms with Crippen molar-refractivity contribution in [1.29, 1.82) is 0 Å². The molecule has 7 nitrogen and oxygen atoms in total. The third kappa shape index (κ3) is 4.43. The van der Waals surface area contributed by atoms with E-state index in [0.29, 0.717) is 41.1 Å². The highest BCUT2D eigenvalue weighted by Gasteiger charge is 2.24. The summed E-state index contributed by atoms with van der Waals surface area (Å²) in [7, 11) is 0. The molecule has 1 aliphatic rings. The maximum atomic E-state index is 13.6. The molecular formula is C27H27N5O2. The summed E-state index contributed by atoms with van der Waals surface area (Å²) >= 11 is 0. The zero-order valence-corrected chi connectivity index (χ0v) is 19.1. The van der Waals surface area contributed by atoms with E-state index in [1.807, 2.05) is 23.1 Å². The molecule has 1 fully saturated rings. The standard InChI is InChI=1S/C27H27N5O2/c1-2-18-3-5-19(6-4-18)7-12-23-25-22(27(34)32-15-13-28-14-16-32)17-24(29-26(25)31-30-23)20-8-10-21(33)11-9-20/h3-12,17,28,33H,2,13-16H2,1H3,(H,29,30,31)/b12-7+. The summed E-state index contributed by atoms with van der Waals surface area (Å²) in [6.07, 6.45) is 4.93. The van der Waals surface area contributed by atoms with Gasteiger partial charge in [0.1, 0.15) is 5.75 Å². The lowest BCUT2D eigenvalue weighted by atomic mass is 10.0. The van der Waals surface area contributed by atoms with Gasteiger partial charge in [-0.05, 0) is 54.0 Å². The third-order valence-corrected chi connectivity index (χ3v) is 6.18. The third-order valence-electron chi connectivity index (χ3n) is 6.18. The van der Waals surface area contributed by atoms with Gasteiger partial charge in [0.25, 0.3) is 5.91 Å². The minimum Gasteiger partial charge on any atom is -0.508 e. The number of aromatic hydroxyl groups is 1. The van der Waals surface area contributed by atoms with Crippen LogP contribution in [0.2, 0.25) is 0 Å². The highest BCUT2D eigenvalue weighted by Crippen LogP contribution is 2.29. The maximum Gasteiger partial charge on any atom is 0.254 e. The van der Waals surface area contributed by atoms with E-state index in [9.17, 15) is 9.90 Å². The monoisotopic (exact) mass is 453 g/mol. The van der Waals surface area contributed by atoms with Crippen molar-refractivity contribution in [2.45, 2.75) is 13.3 Å². The molecular weight excluding hydrogens is 426 g/mol. The number of aromatic amines is 1. The Kier molecular flexibility index (Phi) is 6.10. The quantitative estimate of drug-likeness (QED) is 0.423. The van der Waals surface area contributed by atoms with Crippen molar-refractivity contribution in [3.8, 4) is 17.0 Å². The summed E-state index contributed by atoms with van der Waals surface area (Å²) in [6, 6.07) is 17.0. The van der Waals surface area contributed by atoms with Crippen molar-refractivity contribution in [3.05, 3.63) is 77.0 Å². The fourth-order valence-corrected chi connectivity index (χ4v) is 4.20. The molecule has 3 heterocycles. The summed E-state index contributed by atoms with van der Waals surface area (Å²) in [5, 5.41) is 21.2. The van der Waals surface area contributed by atoms with Crippen LogP contribution in [0.15, 0.2) is 54.6 Å². The molecule has 2 aromatic carbocycles.